The molecular weight excluding hydrogens is 226 g/mol. The molecule has 0 radical (unpaired) electrons. The zero-order valence-corrected chi connectivity index (χ0v) is 11.1. The van der Waals surface area contributed by atoms with E-state index in [0.29, 0.717) is 11.1 Å². The van der Waals surface area contributed by atoms with Gasteiger partial charge in [0, 0.05) is 13.1 Å². The van der Waals surface area contributed by atoms with E-state index in [9.17, 15) is 4.79 Å². The number of nitrogens with zero attached hydrogens (tertiary/aromatic N) is 2. The van der Waals surface area contributed by atoms with E-state index in [1.807, 2.05) is 12.1 Å². The second-order valence-corrected chi connectivity index (χ2v) is 5.86. The Morgan fingerprint density at radius 2 is 2.28 bits per heavy atom. The average molecular weight is 247 g/mol. The van der Waals surface area contributed by atoms with Gasteiger partial charge in [-0.1, -0.05) is 19.9 Å². The summed E-state index contributed by atoms with van der Waals surface area (Å²) in [5.74, 6) is -0.462. The van der Waals surface area contributed by atoms with Crippen LogP contribution in [0, 0.1) is 5.41 Å². The van der Waals surface area contributed by atoms with Crippen LogP contribution in [0.5, 0.6) is 0 Å². The van der Waals surface area contributed by atoms with Gasteiger partial charge in [0.15, 0.2) is 0 Å². The Balaban J connectivity index is 2.05. The van der Waals surface area contributed by atoms with Crippen LogP contribution in [0.4, 0.5) is 0 Å². The largest absolute Gasteiger partial charge is 0.364 e. The molecule has 0 unspecified atom stereocenters. The van der Waals surface area contributed by atoms with E-state index in [0.717, 1.165) is 25.3 Å². The standard InChI is InChI=1S/C14H21N3O/c1-14(2)7-4-8-17(10-14)9-11-5-3-6-12(16-11)13(15)18/h3,5-6H,4,7-10H2,1-2H3,(H2,15,18). The van der Waals surface area contributed by atoms with E-state index < -0.39 is 5.91 Å². The van der Waals surface area contributed by atoms with Crippen LogP contribution >= 0.6 is 0 Å². The van der Waals surface area contributed by atoms with Gasteiger partial charge in [0.2, 0.25) is 0 Å². The third-order valence-electron chi connectivity index (χ3n) is 3.42. The van der Waals surface area contributed by atoms with Crippen molar-refractivity contribution in [2.75, 3.05) is 13.1 Å². The lowest BCUT2D eigenvalue weighted by molar-refractivity contribution is 0.0991. The smallest absolute Gasteiger partial charge is 0.267 e. The van der Waals surface area contributed by atoms with E-state index in [4.69, 9.17) is 5.73 Å². The van der Waals surface area contributed by atoms with Gasteiger partial charge in [0.25, 0.3) is 5.91 Å². The van der Waals surface area contributed by atoms with Gasteiger partial charge in [-0.3, -0.25) is 9.69 Å². The number of nitrogens with two attached hydrogens (primary N) is 1. The number of hydrogen-bond donors (Lipinski definition) is 1. The Morgan fingerprint density at radius 1 is 1.50 bits per heavy atom. The number of pyridine rings is 1. The van der Waals surface area contributed by atoms with Gasteiger partial charge in [-0.2, -0.15) is 0 Å². The molecule has 1 saturated heterocycles. The fourth-order valence-electron chi connectivity index (χ4n) is 2.61. The number of likely N-dealkylation sites (tertiary alicyclic amines) is 1. The molecule has 1 fully saturated rings. The van der Waals surface area contributed by atoms with E-state index in [1.165, 1.54) is 12.8 Å². The van der Waals surface area contributed by atoms with Crippen molar-refractivity contribution in [1.29, 1.82) is 0 Å². The number of amides is 1. The minimum absolute atomic E-state index is 0.351. The highest BCUT2D eigenvalue weighted by molar-refractivity contribution is 5.90. The highest BCUT2D eigenvalue weighted by atomic mass is 16.1. The Morgan fingerprint density at radius 3 is 2.94 bits per heavy atom. The predicted octanol–water partition coefficient (Wildman–Crippen LogP) is 1.80. The van der Waals surface area contributed by atoms with Gasteiger partial charge in [-0.05, 0) is 36.9 Å². The molecule has 0 atom stereocenters. The van der Waals surface area contributed by atoms with Crippen molar-refractivity contribution in [1.82, 2.24) is 9.88 Å². The molecule has 0 aliphatic carbocycles. The summed E-state index contributed by atoms with van der Waals surface area (Å²) in [5.41, 5.74) is 6.89. The molecular formula is C14H21N3O. The Kier molecular flexibility index (Phi) is 3.66. The first kappa shape index (κ1) is 13.0. The summed E-state index contributed by atoms with van der Waals surface area (Å²) in [7, 11) is 0. The molecule has 0 spiro atoms. The molecule has 0 saturated carbocycles. The van der Waals surface area contributed by atoms with Gasteiger partial charge in [0.05, 0.1) is 5.69 Å². The topological polar surface area (TPSA) is 59.2 Å². The van der Waals surface area contributed by atoms with Gasteiger partial charge >= 0.3 is 0 Å². The summed E-state index contributed by atoms with van der Waals surface area (Å²) in [6.07, 6.45) is 2.50. The summed E-state index contributed by atoms with van der Waals surface area (Å²) >= 11 is 0. The zero-order valence-electron chi connectivity index (χ0n) is 11.1. The second-order valence-electron chi connectivity index (χ2n) is 5.86. The quantitative estimate of drug-likeness (QED) is 0.886. The molecule has 2 N–H and O–H groups in total. The molecule has 98 valence electrons. The number of piperidine rings is 1. The first-order valence-electron chi connectivity index (χ1n) is 6.44. The second kappa shape index (κ2) is 5.06. The van der Waals surface area contributed by atoms with Crippen molar-refractivity contribution in [3.05, 3.63) is 29.6 Å². The number of rotatable bonds is 3. The molecule has 1 aromatic heterocycles. The first-order chi connectivity index (χ1) is 8.46. The monoisotopic (exact) mass is 247 g/mol. The minimum atomic E-state index is -0.462. The molecule has 4 nitrogen and oxygen atoms in total. The summed E-state index contributed by atoms with van der Waals surface area (Å²) in [4.78, 5) is 17.8. The fourth-order valence-corrected chi connectivity index (χ4v) is 2.61. The number of carbonyl (C=O) groups excluding carboxylic acids is 1. The number of aromatic nitrogens is 1. The maximum Gasteiger partial charge on any atom is 0.267 e. The van der Waals surface area contributed by atoms with Crippen LogP contribution in [0.2, 0.25) is 0 Å². The molecule has 1 aliphatic heterocycles. The fraction of sp³-hybridized carbons (Fsp3) is 0.571. The SMILES string of the molecule is CC1(C)CCCN(Cc2cccc(C(N)=O)n2)C1. The molecule has 0 aromatic carbocycles. The maximum atomic E-state index is 11.1. The maximum absolute atomic E-state index is 11.1. The molecule has 0 bridgehead atoms. The van der Waals surface area contributed by atoms with Gasteiger partial charge in [-0.15, -0.1) is 0 Å². The lowest BCUT2D eigenvalue weighted by atomic mass is 9.84. The van der Waals surface area contributed by atoms with E-state index in [1.54, 1.807) is 6.07 Å². The van der Waals surface area contributed by atoms with Crippen LogP contribution < -0.4 is 5.73 Å². The van der Waals surface area contributed by atoms with E-state index in [-0.39, 0.29) is 0 Å². The van der Waals surface area contributed by atoms with Crippen LogP contribution in [0.3, 0.4) is 0 Å². The van der Waals surface area contributed by atoms with Crippen LogP contribution in [-0.4, -0.2) is 28.9 Å². The predicted molar refractivity (Wildman–Crippen MR) is 71.0 cm³/mol. The average Bonchev–Trinajstić information content (AvgIpc) is 2.28. The van der Waals surface area contributed by atoms with Crippen molar-refractivity contribution in [2.24, 2.45) is 11.1 Å². The van der Waals surface area contributed by atoms with Gasteiger partial charge in [-0.25, -0.2) is 4.98 Å². The molecule has 1 amide bonds. The Bertz CT molecular complexity index is 442. The summed E-state index contributed by atoms with van der Waals surface area (Å²) in [6, 6.07) is 5.46. The first-order valence-corrected chi connectivity index (χ1v) is 6.44. The van der Waals surface area contributed by atoms with Gasteiger partial charge in [0.1, 0.15) is 5.69 Å². The van der Waals surface area contributed by atoms with Crippen molar-refractivity contribution >= 4 is 5.91 Å². The molecule has 1 aromatic rings. The molecule has 18 heavy (non-hydrogen) atoms. The van der Waals surface area contributed by atoms with Crippen molar-refractivity contribution in [3.8, 4) is 0 Å². The van der Waals surface area contributed by atoms with Crippen LogP contribution in [-0.2, 0) is 6.54 Å². The van der Waals surface area contributed by atoms with E-state index >= 15 is 0 Å². The normalized spacial score (nSPS) is 19.7. The third-order valence-corrected chi connectivity index (χ3v) is 3.42. The minimum Gasteiger partial charge on any atom is -0.364 e. The van der Waals surface area contributed by atoms with Crippen LogP contribution in [0.1, 0.15) is 42.9 Å². The molecule has 4 heteroatoms. The molecule has 2 rings (SSSR count). The third kappa shape index (κ3) is 3.29. The zero-order chi connectivity index (χ0) is 13.2. The lowest BCUT2D eigenvalue weighted by Gasteiger charge is -2.37. The number of hydrogen-bond acceptors (Lipinski definition) is 3. The summed E-state index contributed by atoms with van der Waals surface area (Å²) in [6.45, 7) is 7.57. The molecule has 2 heterocycles. The Labute approximate surface area is 108 Å². The summed E-state index contributed by atoms with van der Waals surface area (Å²) < 4.78 is 0. The Hall–Kier alpha value is -1.42. The highest BCUT2D eigenvalue weighted by Gasteiger charge is 2.26. The number of primary amides is 1. The van der Waals surface area contributed by atoms with Crippen molar-refractivity contribution < 1.29 is 4.79 Å². The van der Waals surface area contributed by atoms with Crippen molar-refractivity contribution in [3.63, 3.8) is 0 Å². The lowest BCUT2D eigenvalue weighted by Crippen LogP contribution is -2.39. The van der Waals surface area contributed by atoms with Crippen LogP contribution in [0.15, 0.2) is 18.2 Å². The van der Waals surface area contributed by atoms with Crippen molar-refractivity contribution in [2.45, 2.75) is 33.2 Å². The summed E-state index contributed by atoms with van der Waals surface area (Å²) in [5, 5.41) is 0. The highest BCUT2D eigenvalue weighted by Crippen LogP contribution is 2.28. The van der Waals surface area contributed by atoms with Crippen LogP contribution in [0.25, 0.3) is 0 Å². The number of carbonyl (C=O) groups is 1. The molecule has 1 aliphatic rings. The van der Waals surface area contributed by atoms with Gasteiger partial charge < -0.3 is 5.73 Å². The van der Waals surface area contributed by atoms with E-state index in [2.05, 4.69) is 23.7 Å².